The molecule has 0 heterocycles. The molecule has 4 heteroatoms. The van der Waals surface area contributed by atoms with Crippen molar-refractivity contribution in [1.82, 2.24) is 0 Å². The molecule has 0 aromatic heterocycles. The van der Waals surface area contributed by atoms with Gasteiger partial charge in [0.2, 0.25) is 0 Å². The van der Waals surface area contributed by atoms with Crippen LogP contribution in [0.3, 0.4) is 0 Å². The molecule has 1 unspecified atom stereocenters. The number of rotatable bonds is 6. The molecule has 0 aromatic rings. The molecule has 0 spiro atoms. The highest BCUT2D eigenvalue weighted by Gasteiger charge is 2.17. The summed E-state index contributed by atoms with van der Waals surface area (Å²) >= 11 is 0. The van der Waals surface area contributed by atoms with Gasteiger partial charge >= 0.3 is 11.9 Å². The third kappa shape index (κ3) is 6.13. The second-order valence-electron chi connectivity index (χ2n) is 3.02. The fourth-order valence-corrected chi connectivity index (χ4v) is 0.805. The van der Waals surface area contributed by atoms with Crippen molar-refractivity contribution in [2.24, 2.45) is 5.92 Å². The van der Waals surface area contributed by atoms with E-state index in [-0.39, 0.29) is 6.42 Å². The highest BCUT2D eigenvalue weighted by atomic mass is 16.5. The van der Waals surface area contributed by atoms with Gasteiger partial charge in [-0.05, 0) is 6.42 Å². The van der Waals surface area contributed by atoms with Crippen LogP contribution in [0.15, 0.2) is 0 Å². The Balaban J connectivity index is 3.63. The first-order valence-corrected chi connectivity index (χ1v) is 4.46. The van der Waals surface area contributed by atoms with Gasteiger partial charge in [-0.15, -0.1) is 0 Å². The first kappa shape index (κ1) is 11.9. The zero-order chi connectivity index (χ0) is 10.3. The number of hydrogen-bond donors (Lipinski definition) is 1. The smallest absolute Gasteiger partial charge is 0.309 e. The molecule has 13 heavy (non-hydrogen) atoms. The molecule has 0 aliphatic heterocycles. The number of hydrogen-bond acceptors (Lipinski definition) is 3. The van der Waals surface area contributed by atoms with E-state index in [4.69, 9.17) is 9.84 Å². The summed E-state index contributed by atoms with van der Waals surface area (Å²) in [6.07, 6.45) is 1.62. The van der Waals surface area contributed by atoms with Gasteiger partial charge in [-0.2, -0.15) is 0 Å². The molecule has 4 nitrogen and oxygen atoms in total. The quantitative estimate of drug-likeness (QED) is 0.506. The number of carbonyl (C=O) groups excluding carboxylic acids is 1. The van der Waals surface area contributed by atoms with E-state index < -0.39 is 17.9 Å². The van der Waals surface area contributed by atoms with Crippen molar-refractivity contribution in [3.05, 3.63) is 0 Å². The second-order valence-corrected chi connectivity index (χ2v) is 3.02. The Morgan fingerprint density at radius 3 is 2.54 bits per heavy atom. The van der Waals surface area contributed by atoms with Crippen molar-refractivity contribution >= 4 is 11.9 Å². The molecule has 0 aromatic carbocycles. The molecule has 0 bridgehead atoms. The van der Waals surface area contributed by atoms with Crippen molar-refractivity contribution in [3.8, 4) is 0 Å². The average molecular weight is 188 g/mol. The lowest BCUT2D eigenvalue weighted by atomic mass is 10.1. The molecule has 0 amide bonds. The van der Waals surface area contributed by atoms with Gasteiger partial charge in [0.25, 0.3) is 0 Å². The van der Waals surface area contributed by atoms with Crippen LogP contribution in [0.5, 0.6) is 0 Å². The van der Waals surface area contributed by atoms with Gasteiger partial charge in [0.15, 0.2) is 0 Å². The van der Waals surface area contributed by atoms with Gasteiger partial charge < -0.3 is 9.84 Å². The zero-order valence-corrected chi connectivity index (χ0v) is 8.08. The topological polar surface area (TPSA) is 63.6 Å². The number of aliphatic carboxylic acids is 1. The minimum atomic E-state index is -0.972. The van der Waals surface area contributed by atoms with E-state index in [9.17, 15) is 9.59 Å². The van der Waals surface area contributed by atoms with E-state index in [1.54, 1.807) is 6.92 Å². The lowest BCUT2D eigenvalue weighted by Gasteiger charge is -2.08. The van der Waals surface area contributed by atoms with Crippen molar-refractivity contribution < 1.29 is 19.4 Å². The summed E-state index contributed by atoms with van der Waals surface area (Å²) in [6.45, 7) is 3.94. The predicted octanol–water partition coefficient (Wildman–Crippen LogP) is 1.44. The fourth-order valence-electron chi connectivity index (χ4n) is 0.805. The predicted molar refractivity (Wildman–Crippen MR) is 47.3 cm³/mol. The fraction of sp³-hybridized carbons (Fsp3) is 0.778. The zero-order valence-electron chi connectivity index (χ0n) is 8.08. The summed E-state index contributed by atoms with van der Waals surface area (Å²) < 4.78 is 4.84. The number of unbranched alkanes of at least 4 members (excludes halogenated alkanes) is 1. The van der Waals surface area contributed by atoms with Crippen molar-refractivity contribution in [1.29, 1.82) is 0 Å². The highest BCUT2D eigenvalue weighted by molar-refractivity contribution is 5.78. The molecule has 0 fully saturated rings. The summed E-state index contributed by atoms with van der Waals surface area (Å²) in [5, 5.41) is 8.40. The molecule has 0 saturated carbocycles. The van der Waals surface area contributed by atoms with E-state index in [1.165, 1.54) is 0 Å². The van der Waals surface area contributed by atoms with E-state index in [1.807, 2.05) is 6.92 Å². The lowest BCUT2D eigenvalue weighted by molar-refractivity contribution is -0.152. The van der Waals surface area contributed by atoms with Crippen molar-refractivity contribution in [3.63, 3.8) is 0 Å². The van der Waals surface area contributed by atoms with Crippen LogP contribution in [0, 0.1) is 5.92 Å². The Morgan fingerprint density at radius 2 is 2.08 bits per heavy atom. The van der Waals surface area contributed by atoms with Crippen molar-refractivity contribution in [2.75, 3.05) is 6.61 Å². The summed E-state index contributed by atoms with van der Waals surface area (Å²) in [5.74, 6) is -1.94. The Hall–Kier alpha value is -1.06. The Morgan fingerprint density at radius 1 is 1.46 bits per heavy atom. The maximum atomic E-state index is 11.1. The standard InChI is InChI=1S/C9H16O4/c1-3-4-5-13-9(12)7(2)6-8(10)11/h7H,3-6H2,1-2H3,(H,10,11). The molecule has 0 saturated heterocycles. The van der Waals surface area contributed by atoms with Gasteiger partial charge in [0, 0.05) is 0 Å². The van der Waals surface area contributed by atoms with E-state index in [2.05, 4.69) is 0 Å². The van der Waals surface area contributed by atoms with Crippen LogP contribution in [0.4, 0.5) is 0 Å². The SMILES string of the molecule is CCCCOC(=O)C(C)CC(=O)O. The first-order chi connectivity index (χ1) is 6.07. The van der Waals surface area contributed by atoms with Crippen molar-refractivity contribution in [2.45, 2.75) is 33.1 Å². The average Bonchev–Trinajstić information content (AvgIpc) is 2.03. The third-order valence-corrected chi connectivity index (χ3v) is 1.63. The first-order valence-electron chi connectivity index (χ1n) is 4.46. The number of carbonyl (C=O) groups is 2. The molecule has 0 aliphatic rings. The number of esters is 1. The Bertz CT molecular complexity index is 176. The van der Waals surface area contributed by atoms with Crippen LogP contribution in [0.2, 0.25) is 0 Å². The minimum absolute atomic E-state index is 0.162. The van der Waals surface area contributed by atoms with E-state index in [0.717, 1.165) is 12.8 Å². The summed E-state index contributed by atoms with van der Waals surface area (Å²) in [6, 6.07) is 0. The van der Waals surface area contributed by atoms with Gasteiger partial charge in [-0.3, -0.25) is 9.59 Å². The van der Waals surface area contributed by atoms with E-state index in [0.29, 0.717) is 6.61 Å². The van der Waals surface area contributed by atoms with Gasteiger partial charge in [0.05, 0.1) is 18.9 Å². The van der Waals surface area contributed by atoms with Crippen LogP contribution in [-0.2, 0) is 14.3 Å². The Kier molecular flexibility index (Phi) is 5.93. The number of carboxylic acids is 1. The maximum Gasteiger partial charge on any atom is 0.309 e. The summed E-state index contributed by atoms with van der Waals surface area (Å²) in [4.78, 5) is 21.3. The summed E-state index contributed by atoms with van der Waals surface area (Å²) in [5.41, 5.74) is 0. The highest BCUT2D eigenvalue weighted by Crippen LogP contribution is 2.04. The molecule has 76 valence electrons. The number of ether oxygens (including phenoxy) is 1. The van der Waals surface area contributed by atoms with Crippen LogP contribution in [-0.4, -0.2) is 23.7 Å². The van der Waals surface area contributed by atoms with E-state index >= 15 is 0 Å². The molecule has 0 rings (SSSR count). The normalized spacial score (nSPS) is 12.2. The second kappa shape index (κ2) is 6.46. The number of carboxylic acid groups (broad SMARTS) is 1. The lowest BCUT2D eigenvalue weighted by Crippen LogP contribution is -2.18. The Labute approximate surface area is 77.9 Å². The molecule has 0 radical (unpaired) electrons. The molecule has 0 aliphatic carbocycles. The van der Waals surface area contributed by atoms with Gasteiger partial charge in [-0.25, -0.2) is 0 Å². The molecular weight excluding hydrogens is 172 g/mol. The monoisotopic (exact) mass is 188 g/mol. The van der Waals surface area contributed by atoms with Gasteiger partial charge in [-0.1, -0.05) is 20.3 Å². The van der Waals surface area contributed by atoms with Crippen LogP contribution < -0.4 is 0 Å². The molecular formula is C9H16O4. The third-order valence-electron chi connectivity index (χ3n) is 1.63. The minimum Gasteiger partial charge on any atom is -0.481 e. The molecule has 1 N–H and O–H groups in total. The largest absolute Gasteiger partial charge is 0.481 e. The maximum absolute atomic E-state index is 11.1. The van der Waals surface area contributed by atoms with Gasteiger partial charge in [0.1, 0.15) is 0 Å². The molecule has 1 atom stereocenters. The summed E-state index contributed by atoms with van der Waals surface area (Å²) in [7, 11) is 0. The van der Waals surface area contributed by atoms with Crippen LogP contribution >= 0.6 is 0 Å². The van der Waals surface area contributed by atoms with Crippen LogP contribution in [0.25, 0.3) is 0 Å². The van der Waals surface area contributed by atoms with Crippen LogP contribution in [0.1, 0.15) is 33.1 Å².